The summed E-state index contributed by atoms with van der Waals surface area (Å²) in [6.07, 6.45) is 17.8. The summed E-state index contributed by atoms with van der Waals surface area (Å²) < 4.78 is 6.11. The van der Waals surface area contributed by atoms with Crippen LogP contribution in [0.4, 0.5) is 0 Å². The van der Waals surface area contributed by atoms with Crippen molar-refractivity contribution in [2.24, 2.45) is 5.41 Å². The van der Waals surface area contributed by atoms with Crippen LogP contribution in [0.2, 0.25) is 0 Å². The first kappa shape index (κ1) is 19.2. The molecule has 0 heterocycles. The highest BCUT2D eigenvalue weighted by molar-refractivity contribution is 5.78. The number of hydrogen-bond acceptors (Lipinski definition) is 2. The van der Waals surface area contributed by atoms with Crippen LogP contribution in [0.5, 0.6) is 0 Å². The van der Waals surface area contributed by atoms with Crippen LogP contribution in [-0.4, -0.2) is 18.5 Å². The first-order chi connectivity index (χ1) is 10.5. The number of carbonyl (C=O) groups excluding carboxylic acids is 1. The molecule has 22 heavy (non-hydrogen) atoms. The molecule has 2 heteroatoms. The second-order valence-electron chi connectivity index (χ2n) is 7.56. The maximum Gasteiger partial charge on any atom is 0.133 e. The minimum atomic E-state index is 0.203. The first-order valence-electron chi connectivity index (χ1n) is 8.91. The van der Waals surface area contributed by atoms with Crippen LogP contribution in [0.3, 0.4) is 0 Å². The van der Waals surface area contributed by atoms with Crippen molar-refractivity contribution in [2.45, 2.75) is 84.7 Å². The summed E-state index contributed by atoms with van der Waals surface area (Å²) in [6.45, 7) is 7.40. The molecule has 0 amide bonds. The molecule has 1 rings (SSSR count). The molecule has 2 nitrogen and oxygen atoms in total. The Kier molecular flexibility index (Phi) is 9.38. The van der Waals surface area contributed by atoms with Gasteiger partial charge in [-0.2, -0.15) is 0 Å². The van der Waals surface area contributed by atoms with Crippen LogP contribution in [-0.2, 0) is 9.53 Å². The summed E-state index contributed by atoms with van der Waals surface area (Å²) >= 11 is 0. The minimum Gasteiger partial charge on any atom is -0.378 e. The summed E-state index contributed by atoms with van der Waals surface area (Å²) in [5, 5.41) is 0. The summed E-state index contributed by atoms with van der Waals surface area (Å²) in [6, 6.07) is 0. The number of allylic oxidation sites excluding steroid dienone is 4. The second-order valence-corrected chi connectivity index (χ2v) is 7.56. The normalized spacial score (nSPS) is 23.0. The molecule has 0 radical (unpaired) electrons. The highest BCUT2D eigenvalue weighted by Crippen LogP contribution is 2.19. The van der Waals surface area contributed by atoms with Gasteiger partial charge >= 0.3 is 0 Å². The largest absolute Gasteiger partial charge is 0.378 e. The third-order valence-corrected chi connectivity index (χ3v) is 3.81. The van der Waals surface area contributed by atoms with Gasteiger partial charge in [-0.25, -0.2) is 0 Å². The van der Waals surface area contributed by atoms with Crippen molar-refractivity contribution in [1.82, 2.24) is 0 Å². The van der Waals surface area contributed by atoms with Gasteiger partial charge in [-0.1, -0.05) is 45.1 Å². The number of rotatable bonds is 2. The lowest BCUT2D eigenvalue weighted by atomic mass is 9.98. The van der Waals surface area contributed by atoms with Crippen LogP contribution in [0.15, 0.2) is 24.3 Å². The van der Waals surface area contributed by atoms with Crippen LogP contribution in [0.25, 0.3) is 0 Å². The van der Waals surface area contributed by atoms with Gasteiger partial charge < -0.3 is 4.74 Å². The number of ketones is 1. The number of Topliss-reactive ketones (excluding diaryl/α,β-unsaturated/α-hetero) is 1. The van der Waals surface area contributed by atoms with E-state index in [4.69, 9.17) is 4.74 Å². The standard InChI is InChI=1S/C20H34O2/c1-20(2,3)17-22-19-15-11-9-7-5-4-6-8-10-13-18(21)14-12-16-19/h6-9,19H,4-5,10-17H2,1-3H3. The molecule has 1 aliphatic rings. The van der Waals surface area contributed by atoms with E-state index in [0.29, 0.717) is 24.7 Å². The van der Waals surface area contributed by atoms with Crippen LogP contribution in [0.1, 0.15) is 78.6 Å². The fourth-order valence-electron chi connectivity index (χ4n) is 2.52. The van der Waals surface area contributed by atoms with Crippen molar-refractivity contribution in [3.63, 3.8) is 0 Å². The second kappa shape index (κ2) is 10.8. The summed E-state index contributed by atoms with van der Waals surface area (Å²) in [5.41, 5.74) is 0.203. The molecule has 0 saturated heterocycles. The molecule has 126 valence electrons. The lowest BCUT2D eigenvalue weighted by molar-refractivity contribution is -0.119. The molecule has 0 saturated carbocycles. The Bertz CT molecular complexity index is 360. The van der Waals surface area contributed by atoms with Crippen molar-refractivity contribution in [1.29, 1.82) is 0 Å². The van der Waals surface area contributed by atoms with Gasteiger partial charge in [0.1, 0.15) is 5.78 Å². The summed E-state index contributed by atoms with van der Waals surface area (Å²) in [4.78, 5) is 11.9. The smallest absolute Gasteiger partial charge is 0.133 e. The van der Waals surface area contributed by atoms with Crippen molar-refractivity contribution in [3.05, 3.63) is 24.3 Å². The molecule has 0 aromatic heterocycles. The fraction of sp³-hybridized carbons (Fsp3) is 0.750. The Labute approximate surface area is 137 Å². The number of carbonyl (C=O) groups is 1. The monoisotopic (exact) mass is 306 g/mol. The maximum absolute atomic E-state index is 11.9. The summed E-state index contributed by atoms with van der Waals surface area (Å²) in [7, 11) is 0. The third kappa shape index (κ3) is 10.8. The van der Waals surface area contributed by atoms with Crippen LogP contribution >= 0.6 is 0 Å². The molecular weight excluding hydrogens is 272 g/mol. The molecule has 0 N–H and O–H groups in total. The quantitative estimate of drug-likeness (QED) is 0.619. The van der Waals surface area contributed by atoms with Gasteiger partial charge in [-0.15, -0.1) is 0 Å². The lowest BCUT2D eigenvalue weighted by Crippen LogP contribution is -2.22. The van der Waals surface area contributed by atoms with Crippen molar-refractivity contribution < 1.29 is 9.53 Å². The summed E-state index contributed by atoms with van der Waals surface area (Å²) in [5.74, 6) is 0.396. The van der Waals surface area contributed by atoms with Gasteiger partial charge in [0.2, 0.25) is 0 Å². The molecule has 1 atom stereocenters. The maximum atomic E-state index is 11.9. The highest BCUT2D eigenvalue weighted by Gasteiger charge is 2.15. The fourth-order valence-corrected chi connectivity index (χ4v) is 2.52. The van der Waals surface area contributed by atoms with Crippen molar-refractivity contribution in [3.8, 4) is 0 Å². The van der Waals surface area contributed by atoms with Gasteiger partial charge in [0.25, 0.3) is 0 Å². The molecule has 0 aliphatic heterocycles. The van der Waals surface area contributed by atoms with Gasteiger partial charge in [0, 0.05) is 12.8 Å². The van der Waals surface area contributed by atoms with E-state index in [1.807, 2.05) is 0 Å². The average molecular weight is 306 g/mol. The third-order valence-electron chi connectivity index (χ3n) is 3.81. The molecule has 0 spiro atoms. The number of ether oxygens (including phenoxy) is 1. The molecule has 0 bridgehead atoms. The van der Waals surface area contributed by atoms with Crippen molar-refractivity contribution in [2.75, 3.05) is 6.61 Å². The number of hydrogen-bond donors (Lipinski definition) is 0. The van der Waals surface area contributed by atoms with E-state index in [2.05, 4.69) is 45.1 Å². The molecule has 1 unspecified atom stereocenters. The van der Waals surface area contributed by atoms with E-state index in [1.165, 1.54) is 0 Å². The first-order valence-corrected chi connectivity index (χ1v) is 8.91. The topological polar surface area (TPSA) is 26.3 Å². The molecule has 0 aromatic rings. The Morgan fingerprint density at radius 2 is 1.59 bits per heavy atom. The van der Waals surface area contributed by atoms with E-state index < -0.39 is 0 Å². The Morgan fingerprint density at radius 1 is 0.955 bits per heavy atom. The minimum absolute atomic E-state index is 0.203. The highest BCUT2D eigenvalue weighted by atomic mass is 16.5. The van der Waals surface area contributed by atoms with E-state index in [1.54, 1.807) is 0 Å². The average Bonchev–Trinajstić information content (AvgIpc) is 2.45. The Morgan fingerprint density at radius 3 is 2.27 bits per heavy atom. The zero-order valence-corrected chi connectivity index (χ0v) is 14.8. The Balaban J connectivity index is 2.48. The molecular formula is C20H34O2. The van der Waals surface area contributed by atoms with E-state index in [-0.39, 0.29) is 5.41 Å². The lowest BCUT2D eigenvalue weighted by Gasteiger charge is -2.24. The predicted octanol–water partition coefficient (Wildman–Crippen LogP) is 5.62. The molecule has 0 fully saturated rings. The van der Waals surface area contributed by atoms with E-state index >= 15 is 0 Å². The van der Waals surface area contributed by atoms with Gasteiger partial charge in [0.05, 0.1) is 12.7 Å². The SMILES string of the molecule is CC(C)(C)COC1CCC=CCCC=CCCC(=O)CCC1. The predicted molar refractivity (Wildman–Crippen MR) is 94.0 cm³/mol. The van der Waals surface area contributed by atoms with Crippen molar-refractivity contribution >= 4 is 5.78 Å². The van der Waals surface area contributed by atoms with Gasteiger partial charge in [-0.3, -0.25) is 4.79 Å². The van der Waals surface area contributed by atoms with E-state index in [0.717, 1.165) is 51.6 Å². The molecule has 0 aromatic carbocycles. The van der Waals surface area contributed by atoms with Crippen LogP contribution in [0, 0.1) is 5.41 Å². The zero-order chi connectivity index (χ0) is 16.3. The molecule has 1 aliphatic carbocycles. The van der Waals surface area contributed by atoms with E-state index in [9.17, 15) is 4.79 Å². The zero-order valence-electron chi connectivity index (χ0n) is 14.8. The van der Waals surface area contributed by atoms with Gasteiger partial charge in [-0.05, 0) is 50.4 Å². The Hall–Kier alpha value is -0.890. The van der Waals surface area contributed by atoms with Crippen LogP contribution < -0.4 is 0 Å². The van der Waals surface area contributed by atoms with Gasteiger partial charge in [0.15, 0.2) is 0 Å².